The molecule has 1 heterocycles. The molecule has 0 amide bonds. The van der Waals surface area contributed by atoms with E-state index in [2.05, 4.69) is 0 Å². The number of hydrogen-bond acceptors (Lipinski definition) is 2. The third kappa shape index (κ3) is 1.19. The van der Waals surface area contributed by atoms with E-state index in [4.69, 9.17) is 9.47 Å². The normalized spacial score (nSPS) is 15.1. The number of ether oxygens (including phenoxy) is 2. The molecule has 2 rings (SSSR count). The maximum atomic E-state index is 5.05. The van der Waals surface area contributed by atoms with Gasteiger partial charge < -0.3 is 9.47 Å². The first-order valence-electron chi connectivity index (χ1n) is 3.36. The molecule has 55 valence electrons. The van der Waals surface area contributed by atoms with Crippen LogP contribution in [0.2, 0.25) is 0 Å². The lowest BCUT2D eigenvalue weighted by atomic mass is 10.2. The van der Waals surface area contributed by atoms with Crippen molar-refractivity contribution in [1.29, 1.82) is 0 Å². The quantitative estimate of drug-likeness (QED) is 0.606. The van der Waals surface area contributed by atoms with Crippen molar-refractivity contribution in [1.82, 2.24) is 0 Å². The lowest BCUT2D eigenvalue weighted by Gasteiger charge is -1.97. The van der Waals surface area contributed by atoms with E-state index in [9.17, 15) is 0 Å². The zero-order valence-electron chi connectivity index (χ0n) is 5.86. The van der Waals surface area contributed by atoms with Crippen LogP contribution in [-0.2, 0) is 9.47 Å². The van der Waals surface area contributed by atoms with Crippen LogP contribution in [0.4, 0.5) is 0 Å². The third-order valence-electron chi connectivity index (χ3n) is 1.46. The van der Waals surface area contributed by atoms with E-state index in [0.717, 1.165) is 11.3 Å². The van der Waals surface area contributed by atoms with Gasteiger partial charge >= 0.3 is 6.79 Å². The topological polar surface area (TPSA) is 18.5 Å². The molecular weight excluding hydrogens is 140 g/mol. The van der Waals surface area contributed by atoms with Gasteiger partial charge in [0.1, 0.15) is 6.26 Å². The van der Waals surface area contributed by atoms with Crippen LogP contribution in [0.5, 0.6) is 0 Å². The highest BCUT2D eigenvalue weighted by Crippen LogP contribution is 2.21. The Labute approximate surface area is 65.1 Å². The minimum atomic E-state index is 0.755. The van der Waals surface area contributed by atoms with Gasteiger partial charge in [-0.1, -0.05) is 30.3 Å². The summed E-state index contributed by atoms with van der Waals surface area (Å²) in [4.78, 5) is 0. The van der Waals surface area contributed by atoms with E-state index in [1.165, 1.54) is 6.79 Å². The highest BCUT2D eigenvalue weighted by atomic mass is 16.7. The maximum absolute atomic E-state index is 5.05. The van der Waals surface area contributed by atoms with Crippen LogP contribution in [-0.4, -0.2) is 0 Å². The Morgan fingerprint density at radius 2 is 1.82 bits per heavy atom. The molecule has 0 atom stereocenters. The Morgan fingerprint density at radius 3 is 2.45 bits per heavy atom. The molecule has 1 aromatic rings. The van der Waals surface area contributed by atoms with Gasteiger partial charge in [0.2, 0.25) is 0 Å². The van der Waals surface area contributed by atoms with Gasteiger partial charge in [-0.15, -0.1) is 0 Å². The van der Waals surface area contributed by atoms with Gasteiger partial charge in [0.15, 0.2) is 5.76 Å². The Kier molecular flexibility index (Phi) is 1.52. The fourth-order valence-corrected chi connectivity index (χ4v) is 0.935. The van der Waals surface area contributed by atoms with Crippen molar-refractivity contribution < 1.29 is 9.47 Å². The average molecular weight is 147 g/mol. The third-order valence-corrected chi connectivity index (χ3v) is 1.46. The van der Waals surface area contributed by atoms with Gasteiger partial charge in [0, 0.05) is 5.56 Å². The predicted octanol–water partition coefficient (Wildman–Crippen LogP) is 2.15. The van der Waals surface area contributed by atoms with Crippen LogP contribution in [0.15, 0.2) is 36.6 Å². The lowest BCUT2D eigenvalue weighted by Crippen LogP contribution is -1.81. The largest absolute Gasteiger partial charge is 0.452 e. The minimum Gasteiger partial charge on any atom is -0.452 e. The van der Waals surface area contributed by atoms with Gasteiger partial charge in [0.05, 0.1) is 0 Å². The fraction of sp³-hybridized carbons (Fsp3) is 0. The van der Waals surface area contributed by atoms with E-state index < -0.39 is 0 Å². The second-order valence-electron chi connectivity index (χ2n) is 2.20. The summed E-state index contributed by atoms with van der Waals surface area (Å²) in [7, 11) is 0. The Bertz CT molecular complexity index is 264. The van der Waals surface area contributed by atoms with E-state index in [-0.39, 0.29) is 0 Å². The molecule has 0 bridgehead atoms. The summed E-state index contributed by atoms with van der Waals surface area (Å²) in [6.45, 7) is 1.31. The summed E-state index contributed by atoms with van der Waals surface area (Å²) >= 11 is 0. The zero-order chi connectivity index (χ0) is 7.52. The zero-order valence-corrected chi connectivity index (χ0v) is 5.86. The molecule has 0 aromatic heterocycles. The first-order chi connectivity index (χ1) is 5.47. The molecule has 0 spiro atoms. The first kappa shape index (κ1) is 6.28. The van der Waals surface area contributed by atoms with Crippen molar-refractivity contribution in [2.45, 2.75) is 0 Å². The maximum Gasteiger partial charge on any atom is 0.315 e. The molecule has 0 aliphatic carbocycles. The van der Waals surface area contributed by atoms with Crippen molar-refractivity contribution in [3.05, 3.63) is 49.0 Å². The van der Waals surface area contributed by atoms with Crippen molar-refractivity contribution >= 4 is 5.76 Å². The van der Waals surface area contributed by atoms with E-state index in [1.54, 1.807) is 6.26 Å². The van der Waals surface area contributed by atoms with Gasteiger partial charge in [0.25, 0.3) is 0 Å². The van der Waals surface area contributed by atoms with Crippen LogP contribution in [0.3, 0.4) is 0 Å². The van der Waals surface area contributed by atoms with Gasteiger partial charge in [-0.2, -0.15) is 0 Å². The second-order valence-corrected chi connectivity index (χ2v) is 2.20. The van der Waals surface area contributed by atoms with Crippen LogP contribution >= 0.6 is 0 Å². The standard InChI is InChI=1S/C9H7O2/c1-2-4-8(5-3-1)9-6-10-7-11-9/h1-7H. The Hall–Kier alpha value is -1.44. The van der Waals surface area contributed by atoms with E-state index >= 15 is 0 Å². The van der Waals surface area contributed by atoms with Crippen molar-refractivity contribution in [2.24, 2.45) is 0 Å². The van der Waals surface area contributed by atoms with Crippen LogP contribution < -0.4 is 0 Å². The molecule has 1 aliphatic heterocycles. The molecule has 11 heavy (non-hydrogen) atoms. The molecule has 2 heteroatoms. The molecule has 0 unspecified atom stereocenters. The summed E-state index contributed by atoms with van der Waals surface area (Å²) < 4.78 is 9.86. The predicted molar refractivity (Wildman–Crippen MR) is 40.9 cm³/mol. The molecule has 2 nitrogen and oxygen atoms in total. The van der Waals surface area contributed by atoms with Crippen molar-refractivity contribution in [2.75, 3.05) is 0 Å². The molecule has 0 saturated carbocycles. The lowest BCUT2D eigenvalue weighted by molar-refractivity contribution is 0.193. The molecule has 0 N–H and O–H groups in total. The molecule has 0 saturated heterocycles. The summed E-state index contributed by atoms with van der Waals surface area (Å²) in [5.41, 5.74) is 1.03. The molecule has 0 fully saturated rings. The highest BCUT2D eigenvalue weighted by molar-refractivity contribution is 5.59. The van der Waals surface area contributed by atoms with Crippen LogP contribution in [0.25, 0.3) is 5.76 Å². The van der Waals surface area contributed by atoms with Gasteiger partial charge in [-0.05, 0) is 0 Å². The highest BCUT2D eigenvalue weighted by Gasteiger charge is 2.08. The summed E-state index contributed by atoms with van der Waals surface area (Å²) in [6.07, 6.45) is 1.58. The second kappa shape index (κ2) is 2.66. The summed E-state index contributed by atoms with van der Waals surface area (Å²) in [5, 5.41) is 0. The van der Waals surface area contributed by atoms with E-state index in [0.29, 0.717) is 0 Å². The molecule has 1 aromatic carbocycles. The summed E-state index contributed by atoms with van der Waals surface area (Å²) in [6, 6.07) is 9.81. The minimum absolute atomic E-state index is 0.755. The average Bonchev–Trinajstić information content (AvgIpc) is 2.58. The SMILES string of the molecule is [CH]1OC=C(c2ccccc2)O1. The molecule has 1 aliphatic rings. The first-order valence-corrected chi connectivity index (χ1v) is 3.36. The van der Waals surface area contributed by atoms with Crippen LogP contribution in [0.1, 0.15) is 5.56 Å². The number of hydrogen-bond donors (Lipinski definition) is 0. The van der Waals surface area contributed by atoms with Gasteiger partial charge in [-0.25, -0.2) is 0 Å². The molecule has 1 radical (unpaired) electrons. The molecular formula is C9H7O2. The van der Waals surface area contributed by atoms with Crippen molar-refractivity contribution in [3.63, 3.8) is 0 Å². The Balaban J connectivity index is 2.29. The summed E-state index contributed by atoms with van der Waals surface area (Å²) in [5.74, 6) is 0.755. The monoisotopic (exact) mass is 147 g/mol. The van der Waals surface area contributed by atoms with Crippen LogP contribution in [0, 0.1) is 6.79 Å². The smallest absolute Gasteiger partial charge is 0.315 e. The fourth-order valence-electron chi connectivity index (χ4n) is 0.935. The van der Waals surface area contributed by atoms with E-state index in [1.807, 2.05) is 30.3 Å². The Morgan fingerprint density at radius 1 is 1.00 bits per heavy atom. The van der Waals surface area contributed by atoms with Crippen molar-refractivity contribution in [3.8, 4) is 0 Å². The van der Waals surface area contributed by atoms with Gasteiger partial charge in [-0.3, -0.25) is 0 Å². The number of rotatable bonds is 1. The number of benzene rings is 1.